The Kier molecular flexibility index (Phi) is 11.5. The number of ether oxygens (including phenoxy) is 4. The van der Waals surface area contributed by atoms with Gasteiger partial charge in [0.2, 0.25) is 0 Å². The molecular weight excluding hydrogens is 564 g/mol. The number of rotatable bonds is 14. The first-order valence-corrected chi connectivity index (χ1v) is 13.7. The van der Waals surface area contributed by atoms with E-state index in [1.807, 2.05) is 13.8 Å². The maximum atomic E-state index is 14.6. The van der Waals surface area contributed by atoms with Gasteiger partial charge in [0.05, 0.1) is 11.8 Å². The fourth-order valence-corrected chi connectivity index (χ4v) is 4.28. The van der Waals surface area contributed by atoms with Crippen molar-refractivity contribution in [2.24, 2.45) is 11.8 Å². The van der Waals surface area contributed by atoms with Crippen LogP contribution in [0.4, 0.5) is 0 Å². The highest BCUT2D eigenvalue weighted by molar-refractivity contribution is 5.92. The molecule has 2 aromatic rings. The second-order valence-electron chi connectivity index (χ2n) is 10.5. The van der Waals surface area contributed by atoms with Gasteiger partial charge in [0.1, 0.15) is 0 Å². The fraction of sp³-hybridized carbons (Fsp3) is 0.286. The van der Waals surface area contributed by atoms with Gasteiger partial charge in [-0.25, -0.2) is 19.2 Å². The predicted octanol–water partition coefficient (Wildman–Crippen LogP) is 5.85. The lowest BCUT2D eigenvalue weighted by molar-refractivity contribution is -0.257. The normalized spacial score (nSPS) is 14.7. The van der Waals surface area contributed by atoms with Crippen molar-refractivity contribution in [2.75, 3.05) is 0 Å². The van der Waals surface area contributed by atoms with E-state index in [0.29, 0.717) is 0 Å². The number of ketones is 1. The standard InChI is InChI=1S/C35H38O9/c1-11-29(36)41-34(43-32(39)21(3)4,27-17-13-23(7)14-18-27)25(9)31(38)26(10)35(42-30(37)12-2,44-33(40)22(5)6)28-19-15-24(8)16-20-28/h11-20,25-26H,1-3,5H2,4,6-10H3. The average molecular weight is 603 g/mol. The van der Waals surface area contributed by atoms with E-state index in [2.05, 4.69) is 26.3 Å². The number of hydrogen-bond acceptors (Lipinski definition) is 9. The lowest BCUT2D eigenvalue weighted by Crippen LogP contribution is -2.52. The molecular formula is C35H38O9. The van der Waals surface area contributed by atoms with Crippen molar-refractivity contribution < 1.29 is 42.9 Å². The van der Waals surface area contributed by atoms with Gasteiger partial charge in [-0.1, -0.05) is 86.0 Å². The molecule has 0 radical (unpaired) electrons. The van der Waals surface area contributed by atoms with E-state index >= 15 is 0 Å². The topological polar surface area (TPSA) is 122 Å². The summed E-state index contributed by atoms with van der Waals surface area (Å²) in [6.45, 7) is 23.2. The first-order valence-electron chi connectivity index (χ1n) is 13.7. The molecule has 0 fully saturated rings. The Labute approximate surface area is 257 Å². The lowest BCUT2D eigenvalue weighted by Gasteiger charge is -2.41. The maximum Gasteiger partial charge on any atom is 0.336 e. The molecule has 0 aliphatic heterocycles. The average Bonchev–Trinajstić information content (AvgIpc) is 2.99. The SMILES string of the molecule is C=CC(=O)OC(OC(=O)C(=C)C)(c1ccc(C)cc1)C(C)C(=O)C(C)C(OC(=O)C=C)(OC(=O)C(=C)C)c1ccc(C)cc1. The summed E-state index contributed by atoms with van der Waals surface area (Å²) >= 11 is 0. The number of benzene rings is 2. The van der Waals surface area contributed by atoms with Gasteiger partial charge in [-0.2, -0.15) is 0 Å². The fourth-order valence-electron chi connectivity index (χ4n) is 4.28. The minimum absolute atomic E-state index is 0.0341. The summed E-state index contributed by atoms with van der Waals surface area (Å²) in [6, 6.07) is 12.9. The summed E-state index contributed by atoms with van der Waals surface area (Å²) in [4.78, 5) is 66.1. The number of esters is 4. The van der Waals surface area contributed by atoms with E-state index in [4.69, 9.17) is 18.9 Å². The van der Waals surface area contributed by atoms with Crippen LogP contribution in [0.15, 0.2) is 98.1 Å². The van der Waals surface area contributed by atoms with Crippen LogP contribution in [-0.2, 0) is 54.5 Å². The summed E-state index contributed by atoms with van der Waals surface area (Å²) in [5.74, 6) is -12.3. The monoisotopic (exact) mass is 602 g/mol. The molecule has 2 rings (SSSR count). The van der Waals surface area contributed by atoms with Crippen molar-refractivity contribution in [1.29, 1.82) is 0 Å². The molecule has 4 atom stereocenters. The predicted molar refractivity (Wildman–Crippen MR) is 163 cm³/mol. The molecule has 0 bridgehead atoms. The molecule has 2 aromatic carbocycles. The van der Waals surface area contributed by atoms with E-state index < -0.39 is 53.1 Å². The van der Waals surface area contributed by atoms with Crippen molar-refractivity contribution in [2.45, 2.75) is 53.1 Å². The Balaban J connectivity index is 2.92. The van der Waals surface area contributed by atoms with Crippen LogP contribution in [0.2, 0.25) is 0 Å². The van der Waals surface area contributed by atoms with Crippen molar-refractivity contribution in [3.63, 3.8) is 0 Å². The van der Waals surface area contributed by atoms with Crippen molar-refractivity contribution >= 4 is 29.7 Å². The van der Waals surface area contributed by atoms with E-state index in [1.165, 1.54) is 52.0 Å². The summed E-state index contributed by atoms with van der Waals surface area (Å²) in [5.41, 5.74) is 1.88. The van der Waals surface area contributed by atoms with Crippen LogP contribution in [0.5, 0.6) is 0 Å². The minimum atomic E-state index is -2.35. The molecule has 0 aliphatic rings. The maximum absolute atomic E-state index is 14.6. The molecule has 0 saturated carbocycles. The third-order valence-corrected chi connectivity index (χ3v) is 6.92. The smallest absolute Gasteiger partial charge is 0.336 e. The Morgan fingerprint density at radius 3 is 1.16 bits per heavy atom. The van der Waals surface area contributed by atoms with Gasteiger partial charge in [0, 0.05) is 34.4 Å². The molecule has 0 aromatic heterocycles. The Morgan fingerprint density at radius 1 is 0.614 bits per heavy atom. The molecule has 0 aliphatic carbocycles. The van der Waals surface area contributed by atoms with E-state index in [0.717, 1.165) is 23.3 Å². The van der Waals surface area contributed by atoms with E-state index in [9.17, 15) is 24.0 Å². The quantitative estimate of drug-likeness (QED) is 0.149. The zero-order chi connectivity index (χ0) is 33.4. The number of carbonyl (C=O) groups is 5. The number of aryl methyl sites for hydroxylation is 2. The molecule has 44 heavy (non-hydrogen) atoms. The second-order valence-corrected chi connectivity index (χ2v) is 10.5. The van der Waals surface area contributed by atoms with Crippen LogP contribution in [0.1, 0.15) is 49.9 Å². The van der Waals surface area contributed by atoms with Crippen LogP contribution in [-0.4, -0.2) is 29.7 Å². The number of carbonyl (C=O) groups excluding carboxylic acids is 5. The molecule has 0 saturated heterocycles. The minimum Gasteiger partial charge on any atom is -0.414 e. The highest BCUT2D eigenvalue weighted by Gasteiger charge is 2.56. The van der Waals surface area contributed by atoms with Crippen LogP contribution in [0.25, 0.3) is 0 Å². The molecule has 9 heteroatoms. The second kappa shape index (κ2) is 14.4. The van der Waals surface area contributed by atoms with Crippen molar-refractivity contribution in [3.8, 4) is 0 Å². The van der Waals surface area contributed by atoms with Crippen LogP contribution < -0.4 is 0 Å². The summed E-state index contributed by atoms with van der Waals surface area (Å²) in [6.07, 6.45) is 1.71. The van der Waals surface area contributed by atoms with Gasteiger partial charge >= 0.3 is 23.9 Å². The van der Waals surface area contributed by atoms with Gasteiger partial charge in [0.25, 0.3) is 11.6 Å². The summed E-state index contributed by atoms with van der Waals surface area (Å²) in [5, 5.41) is 0. The highest BCUT2D eigenvalue weighted by Crippen LogP contribution is 2.44. The number of hydrogen-bond donors (Lipinski definition) is 0. The van der Waals surface area contributed by atoms with Crippen LogP contribution in [0, 0.1) is 25.7 Å². The largest absolute Gasteiger partial charge is 0.414 e. The zero-order valence-electron chi connectivity index (χ0n) is 25.9. The van der Waals surface area contributed by atoms with Gasteiger partial charge in [-0.3, -0.25) is 4.79 Å². The van der Waals surface area contributed by atoms with Gasteiger partial charge in [0.15, 0.2) is 5.78 Å². The first-order chi connectivity index (χ1) is 20.5. The van der Waals surface area contributed by atoms with Crippen molar-refractivity contribution in [3.05, 3.63) is 120 Å². The van der Waals surface area contributed by atoms with Gasteiger partial charge < -0.3 is 18.9 Å². The highest BCUT2D eigenvalue weighted by atomic mass is 16.7. The lowest BCUT2D eigenvalue weighted by atomic mass is 9.79. The van der Waals surface area contributed by atoms with E-state index in [-0.39, 0.29) is 22.3 Å². The number of Topliss-reactive ketones (excluding diaryl/α,β-unsaturated/α-hetero) is 1. The van der Waals surface area contributed by atoms with Crippen LogP contribution in [0.3, 0.4) is 0 Å². The molecule has 0 heterocycles. The Bertz CT molecular complexity index is 1370. The summed E-state index contributed by atoms with van der Waals surface area (Å²) < 4.78 is 23.0. The molecule has 232 valence electrons. The molecule has 0 amide bonds. The molecule has 0 spiro atoms. The molecule has 4 unspecified atom stereocenters. The van der Waals surface area contributed by atoms with Gasteiger partial charge in [-0.05, 0) is 41.5 Å². The third-order valence-electron chi connectivity index (χ3n) is 6.92. The van der Waals surface area contributed by atoms with Crippen molar-refractivity contribution in [1.82, 2.24) is 0 Å². The summed E-state index contributed by atoms with van der Waals surface area (Å²) in [7, 11) is 0. The van der Waals surface area contributed by atoms with Gasteiger partial charge in [-0.15, -0.1) is 0 Å². The molecule has 9 nitrogen and oxygen atoms in total. The first kappa shape index (κ1) is 35.1. The third kappa shape index (κ3) is 7.66. The zero-order valence-corrected chi connectivity index (χ0v) is 25.9. The Hall–Kier alpha value is -5.05. The van der Waals surface area contributed by atoms with Crippen LogP contribution >= 0.6 is 0 Å². The Morgan fingerprint density at radius 2 is 0.909 bits per heavy atom. The van der Waals surface area contributed by atoms with E-state index in [1.54, 1.807) is 24.3 Å². The molecule has 0 N–H and O–H groups in total.